The van der Waals surface area contributed by atoms with E-state index in [0.717, 1.165) is 20.5 Å². The monoisotopic (exact) mass is 210 g/mol. The molecule has 2 heteroatoms. The molecule has 0 atom stereocenters. The molecule has 0 amide bonds. The molecule has 2 rings (SSSR count). The largest absolute Gasteiger partial charge is 0.206 e. The van der Waals surface area contributed by atoms with Crippen LogP contribution in [0.2, 0.25) is 0 Å². The first-order valence-corrected chi connectivity index (χ1v) is 5.65. The number of thiophene rings is 1. The van der Waals surface area contributed by atoms with Crippen molar-refractivity contribution in [1.29, 1.82) is 0 Å². The SMILES string of the molecule is CC.Cc1cc2c(F)c(C)ccc2s1. The molecule has 0 unspecified atom stereocenters. The molecule has 0 N–H and O–H groups in total. The van der Waals surface area contributed by atoms with Crippen molar-refractivity contribution < 1.29 is 4.39 Å². The number of halogens is 1. The van der Waals surface area contributed by atoms with Crippen LogP contribution in [0.1, 0.15) is 24.3 Å². The maximum atomic E-state index is 13.4. The van der Waals surface area contributed by atoms with Crippen molar-refractivity contribution in [3.63, 3.8) is 0 Å². The summed E-state index contributed by atoms with van der Waals surface area (Å²) >= 11 is 1.63. The number of hydrogen-bond acceptors (Lipinski definition) is 1. The highest BCUT2D eigenvalue weighted by atomic mass is 32.1. The van der Waals surface area contributed by atoms with Gasteiger partial charge in [0, 0.05) is 15.0 Å². The van der Waals surface area contributed by atoms with Crippen LogP contribution in [0, 0.1) is 19.7 Å². The molecule has 0 bridgehead atoms. The van der Waals surface area contributed by atoms with Crippen LogP contribution in [0.15, 0.2) is 18.2 Å². The summed E-state index contributed by atoms with van der Waals surface area (Å²) in [4.78, 5) is 1.16. The molecule has 0 saturated carbocycles. The molecule has 2 aromatic rings. The van der Waals surface area contributed by atoms with Crippen LogP contribution in [0.25, 0.3) is 10.1 Å². The Bertz CT molecular complexity index is 429. The molecule has 0 radical (unpaired) electrons. The maximum absolute atomic E-state index is 13.4. The minimum absolute atomic E-state index is 0.0724. The molecule has 0 aliphatic carbocycles. The van der Waals surface area contributed by atoms with E-state index in [1.165, 1.54) is 0 Å². The van der Waals surface area contributed by atoms with Gasteiger partial charge in [0.2, 0.25) is 0 Å². The fraction of sp³-hybridized carbons (Fsp3) is 0.333. The van der Waals surface area contributed by atoms with E-state index in [4.69, 9.17) is 0 Å². The molecule has 1 aromatic heterocycles. The maximum Gasteiger partial charge on any atom is 0.134 e. The minimum atomic E-state index is -0.0724. The van der Waals surface area contributed by atoms with Crippen molar-refractivity contribution >= 4 is 21.4 Å². The van der Waals surface area contributed by atoms with Gasteiger partial charge in [-0.2, -0.15) is 0 Å². The second kappa shape index (κ2) is 4.56. The lowest BCUT2D eigenvalue weighted by atomic mass is 10.2. The van der Waals surface area contributed by atoms with Gasteiger partial charge in [-0.1, -0.05) is 19.9 Å². The van der Waals surface area contributed by atoms with E-state index >= 15 is 0 Å². The van der Waals surface area contributed by atoms with Gasteiger partial charge < -0.3 is 0 Å². The van der Waals surface area contributed by atoms with E-state index in [0.29, 0.717) is 0 Å². The highest BCUT2D eigenvalue weighted by Crippen LogP contribution is 2.28. The lowest BCUT2D eigenvalue weighted by molar-refractivity contribution is 0.631. The summed E-state index contributed by atoms with van der Waals surface area (Å²) in [5.41, 5.74) is 0.723. The summed E-state index contributed by atoms with van der Waals surface area (Å²) in [5.74, 6) is -0.0724. The average molecular weight is 210 g/mol. The topological polar surface area (TPSA) is 0 Å². The van der Waals surface area contributed by atoms with Crippen molar-refractivity contribution in [3.05, 3.63) is 34.5 Å². The van der Waals surface area contributed by atoms with Crippen molar-refractivity contribution in [1.82, 2.24) is 0 Å². The third kappa shape index (κ3) is 1.95. The Morgan fingerprint density at radius 2 is 1.79 bits per heavy atom. The van der Waals surface area contributed by atoms with Gasteiger partial charge in [-0.3, -0.25) is 0 Å². The van der Waals surface area contributed by atoms with Crippen LogP contribution in [-0.2, 0) is 0 Å². The molecule has 0 fully saturated rings. The van der Waals surface area contributed by atoms with Crippen LogP contribution in [0.3, 0.4) is 0 Å². The molecule has 1 heterocycles. The summed E-state index contributed by atoms with van der Waals surface area (Å²) in [7, 11) is 0. The Hall–Kier alpha value is -0.890. The first-order valence-electron chi connectivity index (χ1n) is 4.84. The van der Waals surface area contributed by atoms with Crippen molar-refractivity contribution in [2.45, 2.75) is 27.7 Å². The number of aryl methyl sites for hydroxylation is 2. The Morgan fingerprint density at radius 1 is 1.14 bits per heavy atom. The van der Waals surface area contributed by atoms with Gasteiger partial charge in [0.1, 0.15) is 5.82 Å². The van der Waals surface area contributed by atoms with E-state index in [1.54, 1.807) is 18.3 Å². The Labute approximate surface area is 88.4 Å². The number of rotatable bonds is 0. The predicted molar refractivity (Wildman–Crippen MR) is 62.6 cm³/mol. The van der Waals surface area contributed by atoms with Crippen LogP contribution >= 0.6 is 11.3 Å². The van der Waals surface area contributed by atoms with Gasteiger partial charge >= 0.3 is 0 Å². The van der Waals surface area contributed by atoms with Crippen LogP contribution in [0.5, 0.6) is 0 Å². The fourth-order valence-electron chi connectivity index (χ4n) is 1.31. The Morgan fingerprint density at radius 3 is 2.43 bits per heavy atom. The fourth-order valence-corrected chi connectivity index (χ4v) is 2.23. The number of fused-ring (bicyclic) bond motifs is 1. The molecule has 1 aromatic carbocycles. The van der Waals surface area contributed by atoms with Crippen LogP contribution in [0.4, 0.5) is 4.39 Å². The molecule has 76 valence electrons. The van der Waals surface area contributed by atoms with E-state index in [1.807, 2.05) is 39.0 Å². The molecule has 0 aliphatic rings. The van der Waals surface area contributed by atoms with Gasteiger partial charge in [0.25, 0.3) is 0 Å². The highest BCUT2D eigenvalue weighted by molar-refractivity contribution is 7.19. The molecule has 0 saturated heterocycles. The molecule has 0 nitrogen and oxygen atoms in total. The Kier molecular flexibility index (Phi) is 3.64. The average Bonchev–Trinajstić information content (AvgIpc) is 2.57. The van der Waals surface area contributed by atoms with E-state index < -0.39 is 0 Å². The quantitative estimate of drug-likeness (QED) is 0.592. The van der Waals surface area contributed by atoms with E-state index in [9.17, 15) is 4.39 Å². The first kappa shape index (κ1) is 11.2. The highest BCUT2D eigenvalue weighted by Gasteiger charge is 2.05. The zero-order valence-corrected chi connectivity index (χ0v) is 9.83. The zero-order valence-electron chi connectivity index (χ0n) is 9.02. The van der Waals surface area contributed by atoms with E-state index in [2.05, 4.69) is 0 Å². The van der Waals surface area contributed by atoms with Gasteiger partial charge in [-0.15, -0.1) is 11.3 Å². The second-order valence-corrected chi connectivity index (χ2v) is 4.25. The molecule has 0 aliphatic heterocycles. The normalized spacial score (nSPS) is 9.79. The number of hydrogen-bond donors (Lipinski definition) is 0. The summed E-state index contributed by atoms with van der Waals surface area (Å²) in [6, 6.07) is 5.71. The third-order valence-corrected chi connectivity index (χ3v) is 2.97. The van der Waals surface area contributed by atoms with Gasteiger partial charge in [-0.25, -0.2) is 4.39 Å². The van der Waals surface area contributed by atoms with Crippen LogP contribution < -0.4 is 0 Å². The summed E-state index contributed by atoms with van der Waals surface area (Å²) < 4.78 is 14.5. The van der Waals surface area contributed by atoms with Gasteiger partial charge in [-0.05, 0) is 31.5 Å². The van der Waals surface area contributed by atoms with Crippen molar-refractivity contribution in [3.8, 4) is 0 Å². The summed E-state index contributed by atoms with van der Waals surface area (Å²) in [5, 5.41) is 0.762. The summed E-state index contributed by atoms with van der Waals surface area (Å²) in [6.45, 7) is 7.79. The molecular formula is C12H15FS. The smallest absolute Gasteiger partial charge is 0.134 e. The lowest BCUT2D eigenvalue weighted by Gasteiger charge is -1.95. The molecule has 14 heavy (non-hydrogen) atoms. The van der Waals surface area contributed by atoms with Gasteiger partial charge in [0.05, 0.1) is 0 Å². The molecular weight excluding hydrogens is 195 g/mol. The third-order valence-electron chi connectivity index (χ3n) is 1.95. The van der Waals surface area contributed by atoms with Gasteiger partial charge in [0.15, 0.2) is 0 Å². The van der Waals surface area contributed by atoms with Crippen molar-refractivity contribution in [2.24, 2.45) is 0 Å². The first-order chi connectivity index (χ1) is 6.68. The standard InChI is InChI=1S/C10H9FS.C2H6/c1-6-3-4-9-8(10(6)11)5-7(2)12-9;1-2/h3-5H,1-2H3;1-2H3. The predicted octanol–water partition coefficient (Wildman–Crippen LogP) is 4.68. The Balaban J connectivity index is 0.000000461. The minimum Gasteiger partial charge on any atom is -0.206 e. The lowest BCUT2D eigenvalue weighted by Crippen LogP contribution is -1.80. The van der Waals surface area contributed by atoms with E-state index in [-0.39, 0.29) is 5.82 Å². The van der Waals surface area contributed by atoms with Crippen molar-refractivity contribution in [2.75, 3.05) is 0 Å². The number of benzene rings is 1. The summed E-state index contributed by atoms with van der Waals surface area (Å²) in [6.07, 6.45) is 0. The zero-order chi connectivity index (χ0) is 10.7. The van der Waals surface area contributed by atoms with Crippen LogP contribution in [-0.4, -0.2) is 0 Å². The molecule has 0 spiro atoms. The second-order valence-electron chi connectivity index (χ2n) is 2.97.